The Hall–Kier alpha value is -1.06. The zero-order valence-electron chi connectivity index (χ0n) is 10.4. The molecule has 1 aliphatic carbocycles. The number of carbonyl (C=O) groups excluding carboxylic acids is 1. The quantitative estimate of drug-likeness (QED) is 0.882. The number of hydrogen-bond acceptors (Lipinski definition) is 2. The third-order valence-corrected chi connectivity index (χ3v) is 3.65. The lowest BCUT2D eigenvalue weighted by molar-refractivity contribution is -0.121. The second-order valence-corrected chi connectivity index (χ2v) is 5.37. The molecule has 0 unspecified atom stereocenters. The highest BCUT2D eigenvalue weighted by molar-refractivity contribution is 6.30. The molecule has 2 rings (SSSR count). The maximum atomic E-state index is 11.9. The first-order valence-corrected chi connectivity index (χ1v) is 6.82. The van der Waals surface area contributed by atoms with E-state index in [-0.39, 0.29) is 18.0 Å². The predicted octanol–water partition coefficient (Wildman–Crippen LogP) is 2.27. The lowest BCUT2D eigenvalue weighted by atomic mass is 9.91. The molecule has 4 heteroatoms. The van der Waals surface area contributed by atoms with Crippen LogP contribution in [0.4, 0.5) is 0 Å². The molecule has 1 aromatic rings. The highest BCUT2D eigenvalue weighted by Gasteiger charge is 2.23. The van der Waals surface area contributed by atoms with Gasteiger partial charge in [0.05, 0.1) is 6.42 Å². The lowest BCUT2D eigenvalue weighted by Gasteiger charge is -2.29. The van der Waals surface area contributed by atoms with Gasteiger partial charge in [-0.25, -0.2) is 0 Å². The summed E-state index contributed by atoms with van der Waals surface area (Å²) in [4.78, 5) is 11.9. The second-order valence-electron chi connectivity index (χ2n) is 4.93. The van der Waals surface area contributed by atoms with Crippen molar-refractivity contribution in [1.29, 1.82) is 0 Å². The van der Waals surface area contributed by atoms with Gasteiger partial charge >= 0.3 is 0 Å². The summed E-state index contributed by atoms with van der Waals surface area (Å²) in [6.45, 7) is 0. The van der Waals surface area contributed by atoms with Crippen LogP contribution >= 0.6 is 11.6 Å². The zero-order chi connectivity index (χ0) is 13.0. The second kappa shape index (κ2) is 6.21. The van der Waals surface area contributed by atoms with Crippen molar-refractivity contribution in [3.63, 3.8) is 0 Å². The van der Waals surface area contributed by atoms with Crippen molar-refractivity contribution >= 4 is 17.5 Å². The zero-order valence-corrected chi connectivity index (χ0v) is 11.1. The van der Waals surface area contributed by atoms with Gasteiger partial charge in [0.25, 0.3) is 0 Å². The van der Waals surface area contributed by atoms with Gasteiger partial charge in [0.15, 0.2) is 0 Å². The Balaban J connectivity index is 1.88. The molecule has 98 valence electrons. The molecule has 18 heavy (non-hydrogen) atoms. The molecule has 1 fully saturated rings. The summed E-state index contributed by atoms with van der Waals surface area (Å²) in [5.41, 5.74) is 6.94. The van der Waals surface area contributed by atoms with Crippen LogP contribution in [0.5, 0.6) is 0 Å². The van der Waals surface area contributed by atoms with Crippen LogP contribution in [-0.2, 0) is 11.2 Å². The van der Waals surface area contributed by atoms with E-state index in [9.17, 15) is 4.79 Å². The van der Waals surface area contributed by atoms with Crippen LogP contribution in [0.2, 0.25) is 5.02 Å². The molecule has 0 aliphatic heterocycles. The lowest BCUT2D eigenvalue weighted by Crippen LogP contribution is -2.49. The summed E-state index contributed by atoms with van der Waals surface area (Å²) in [6, 6.07) is 7.62. The maximum absolute atomic E-state index is 11.9. The average Bonchev–Trinajstić information content (AvgIpc) is 2.32. The highest BCUT2D eigenvalue weighted by Crippen LogP contribution is 2.17. The predicted molar refractivity (Wildman–Crippen MR) is 73.5 cm³/mol. The molecule has 0 aromatic heterocycles. The first-order chi connectivity index (χ1) is 8.65. The molecule has 0 heterocycles. The van der Waals surface area contributed by atoms with E-state index in [0.29, 0.717) is 11.4 Å². The average molecular weight is 267 g/mol. The van der Waals surface area contributed by atoms with E-state index in [1.165, 1.54) is 6.42 Å². The van der Waals surface area contributed by atoms with Gasteiger partial charge in [-0.05, 0) is 30.5 Å². The van der Waals surface area contributed by atoms with Crippen molar-refractivity contribution in [2.24, 2.45) is 5.73 Å². The summed E-state index contributed by atoms with van der Waals surface area (Å²) < 4.78 is 0. The van der Waals surface area contributed by atoms with E-state index < -0.39 is 0 Å². The van der Waals surface area contributed by atoms with Gasteiger partial charge in [-0.1, -0.05) is 36.6 Å². The SMILES string of the molecule is N[C@@H]1CCCC[C@H]1NC(=O)Cc1cccc(Cl)c1. The molecular weight excluding hydrogens is 248 g/mol. The number of halogens is 1. The third-order valence-electron chi connectivity index (χ3n) is 3.42. The molecular formula is C14H19ClN2O. The van der Waals surface area contributed by atoms with E-state index in [4.69, 9.17) is 17.3 Å². The number of rotatable bonds is 3. The minimum Gasteiger partial charge on any atom is -0.352 e. The van der Waals surface area contributed by atoms with Crippen LogP contribution < -0.4 is 11.1 Å². The summed E-state index contributed by atoms with van der Waals surface area (Å²) in [7, 11) is 0. The molecule has 1 amide bonds. The van der Waals surface area contributed by atoms with Crippen molar-refractivity contribution in [3.05, 3.63) is 34.9 Å². The Labute approximate surface area is 113 Å². The Morgan fingerprint density at radius 3 is 2.89 bits per heavy atom. The van der Waals surface area contributed by atoms with E-state index >= 15 is 0 Å². The fourth-order valence-electron chi connectivity index (χ4n) is 2.43. The number of benzene rings is 1. The first-order valence-electron chi connectivity index (χ1n) is 6.44. The number of carbonyl (C=O) groups is 1. The molecule has 1 aromatic carbocycles. The Morgan fingerprint density at radius 1 is 1.39 bits per heavy atom. The van der Waals surface area contributed by atoms with Gasteiger partial charge in [-0.15, -0.1) is 0 Å². The van der Waals surface area contributed by atoms with Crippen LogP contribution in [0.15, 0.2) is 24.3 Å². The Morgan fingerprint density at radius 2 is 2.17 bits per heavy atom. The number of nitrogens with two attached hydrogens (primary N) is 1. The molecule has 0 radical (unpaired) electrons. The fourth-order valence-corrected chi connectivity index (χ4v) is 2.64. The van der Waals surface area contributed by atoms with Crippen molar-refractivity contribution in [2.45, 2.75) is 44.2 Å². The monoisotopic (exact) mass is 266 g/mol. The molecule has 3 nitrogen and oxygen atoms in total. The number of nitrogens with one attached hydrogen (secondary N) is 1. The van der Waals surface area contributed by atoms with Crippen molar-refractivity contribution in [3.8, 4) is 0 Å². The summed E-state index contributed by atoms with van der Waals surface area (Å²) >= 11 is 5.89. The van der Waals surface area contributed by atoms with Crippen LogP contribution in [0.1, 0.15) is 31.2 Å². The molecule has 3 N–H and O–H groups in total. The van der Waals surface area contributed by atoms with Crippen LogP contribution in [-0.4, -0.2) is 18.0 Å². The first kappa shape index (κ1) is 13.4. The normalized spacial score (nSPS) is 23.7. The van der Waals surface area contributed by atoms with Gasteiger partial charge in [0, 0.05) is 17.1 Å². The molecule has 0 spiro atoms. The number of amides is 1. The van der Waals surface area contributed by atoms with Gasteiger partial charge in [0.1, 0.15) is 0 Å². The van der Waals surface area contributed by atoms with Gasteiger partial charge in [-0.2, -0.15) is 0 Å². The van der Waals surface area contributed by atoms with Crippen molar-refractivity contribution < 1.29 is 4.79 Å². The Kier molecular flexibility index (Phi) is 4.61. The van der Waals surface area contributed by atoms with Crippen LogP contribution in [0.25, 0.3) is 0 Å². The molecule has 1 saturated carbocycles. The van der Waals surface area contributed by atoms with Crippen LogP contribution in [0, 0.1) is 0 Å². The van der Waals surface area contributed by atoms with E-state index in [1.807, 2.05) is 18.2 Å². The molecule has 2 atom stereocenters. The standard InChI is InChI=1S/C14H19ClN2O/c15-11-5-3-4-10(8-11)9-14(18)17-13-7-2-1-6-12(13)16/h3-5,8,12-13H,1-2,6-7,9,16H2,(H,17,18)/t12-,13-/m1/s1. The van der Waals surface area contributed by atoms with E-state index in [2.05, 4.69) is 5.32 Å². The third kappa shape index (κ3) is 3.72. The fraction of sp³-hybridized carbons (Fsp3) is 0.500. The van der Waals surface area contributed by atoms with Gasteiger partial charge < -0.3 is 11.1 Å². The molecule has 0 saturated heterocycles. The van der Waals surface area contributed by atoms with Crippen molar-refractivity contribution in [2.75, 3.05) is 0 Å². The minimum absolute atomic E-state index is 0.0274. The van der Waals surface area contributed by atoms with E-state index in [0.717, 1.165) is 24.8 Å². The summed E-state index contributed by atoms with van der Waals surface area (Å²) in [5, 5.41) is 3.69. The highest BCUT2D eigenvalue weighted by atomic mass is 35.5. The summed E-state index contributed by atoms with van der Waals surface area (Å²) in [5.74, 6) is 0.0274. The number of hydrogen-bond donors (Lipinski definition) is 2. The smallest absolute Gasteiger partial charge is 0.224 e. The van der Waals surface area contributed by atoms with E-state index in [1.54, 1.807) is 6.07 Å². The van der Waals surface area contributed by atoms with Crippen molar-refractivity contribution in [1.82, 2.24) is 5.32 Å². The topological polar surface area (TPSA) is 55.1 Å². The van der Waals surface area contributed by atoms with Gasteiger partial charge in [0.2, 0.25) is 5.91 Å². The minimum atomic E-state index is 0.0274. The molecule has 1 aliphatic rings. The largest absolute Gasteiger partial charge is 0.352 e. The molecule has 0 bridgehead atoms. The Bertz CT molecular complexity index is 422. The summed E-state index contributed by atoms with van der Waals surface area (Å²) in [6.07, 6.45) is 4.67. The maximum Gasteiger partial charge on any atom is 0.224 e. The van der Waals surface area contributed by atoms with Crippen LogP contribution in [0.3, 0.4) is 0 Å². The van der Waals surface area contributed by atoms with Gasteiger partial charge in [-0.3, -0.25) is 4.79 Å².